The van der Waals surface area contributed by atoms with Crippen molar-refractivity contribution in [3.8, 4) is 0 Å². The molecule has 2 amide bonds. The monoisotopic (exact) mass is 558 g/mol. The number of nitro benzene ring substituents is 1. The Kier molecular flexibility index (Phi) is 10.5. The molecule has 0 unspecified atom stereocenters. The molecule has 196 valence electrons. The summed E-state index contributed by atoms with van der Waals surface area (Å²) in [5.41, 5.74) is 0.121. The van der Waals surface area contributed by atoms with Gasteiger partial charge in [0.25, 0.3) is 5.69 Å². The van der Waals surface area contributed by atoms with Crippen LogP contribution in [0.25, 0.3) is 0 Å². The van der Waals surface area contributed by atoms with Crippen molar-refractivity contribution in [1.82, 2.24) is 10.2 Å². The molecule has 0 aromatic heterocycles. The Morgan fingerprint density at radius 3 is 2.44 bits per heavy atom. The van der Waals surface area contributed by atoms with E-state index in [0.29, 0.717) is 17.1 Å². The number of carbonyl (C=O) groups is 2. The van der Waals surface area contributed by atoms with Gasteiger partial charge in [0.05, 0.1) is 16.9 Å². The van der Waals surface area contributed by atoms with Gasteiger partial charge in [-0.05, 0) is 37.1 Å². The highest BCUT2D eigenvalue weighted by Gasteiger charge is 2.30. The zero-order valence-corrected chi connectivity index (χ0v) is 22.4. The predicted molar refractivity (Wildman–Crippen MR) is 140 cm³/mol. The average molecular weight is 559 g/mol. The third-order valence-corrected chi connectivity index (χ3v) is 7.09. The number of nitrogens with zero attached hydrogens (tertiary/aromatic N) is 3. The van der Waals surface area contributed by atoms with Crippen molar-refractivity contribution >= 4 is 56.4 Å². The molecule has 0 aliphatic rings. The number of nitro groups is 1. The Labute approximate surface area is 220 Å². The van der Waals surface area contributed by atoms with Crippen LogP contribution in [0.15, 0.2) is 42.5 Å². The molecule has 2 aromatic carbocycles. The van der Waals surface area contributed by atoms with Crippen LogP contribution in [-0.4, -0.2) is 55.4 Å². The van der Waals surface area contributed by atoms with Gasteiger partial charge in [-0.1, -0.05) is 48.7 Å². The first kappa shape index (κ1) is 29.3. The van der Waals surface area contributed by atoms with E-state index >= 15 is 0 Å². The van der Waals surface area contributed by atoms with Crippen molar-refractivity contribution < 1.29 is 22.9 Å². The summed E-state index contributed by atoms with van der Waals surface area (Å²) in [5.74, 6) is -1.11. The van der Waals surface area contributed by atoms with Gasteiger partial charge in [0.1, 0.15) is 12.6 Å². The molecule has 0 fully saturated rings. The van der Waals surface area contributed by atoms with Crippen LogP contribution in [0.1, 0.15) is 32.3 Å². The number of anilines is 1. The number of unbranched alkanes of at least 4 members (excludes halogenated alkanes) is 1. The lowest BCUT2D eigenvalue weighted by Gasteiger charge is -2.31. The molecule has 0 bridgehead atoms. The largest absolute Gasteiger partial charge is 0.354 e. The first-order valence-electron chi connectivity index (χ1n) is 11.1. The Morgan fingerprint density at radius 1 is 1.17 bits per heavy atom. The molecule has 1 atom stereocenters. The van der Waals surface area contributed by atoms with E-state index < -0.39 is 39.3 Å². The van der Waals surface area contributed by atoms with Gasteiger partial charge in [-0.3, -0.25) is 24.0 Å². The number of sulfonamides is 1. The lowest BCUT2D eigenvalue weighted by molar-refractivity contribution is -0.384. The van der Waals surface area contributed by atoms with E-state index in [0.717, 1.165) is 29.5 Å². The third-order valence-electron chi connectivity index (χ3n) is 5.36. The van der Waals surface area contributed by atoms with Gasteiger partial charge < -0.3 is 10.2 Å². The van der Waals surface area contributed by atoms with Crippen molar-refractivity contribution in [1.29, 1.82) is 0 Å². The van der Waals surface area contributed by atoms with Crippen LogP contribution in [0.2, 0.25) is 10.0 Å². The van der Waals surface area contributed by atoms with E-state index in [1.807, 2.05) is 6.92 Å². The summed E-state index contributed by atoms with van der Waals surface area (Å²) < 4.78 is 25.9. The van der Waals surface area contributed by atoms with Crippen molar-refractivity contribution in [2.24, 2.45) is 0 Å². The number of non-ortho nitro benzene ring substituents is 1. The predicted octanol–water partition coefficient (Wildman–Crippen LogP) is 4.00. The van der Waals surface area contributed by atoms with Crippen LogP contribution < -0.4 is 9.62 Å². The van der Waals surface area contributed by atoms with Crippen LogP contribution in [0, 0.1) is 10.1 Å². The minimum absolute atomic E-state index is 0.0513. The van der Waals surface area contributed by atoms with E-state index in [9.17, 15) is 28.1 Å². The van der Waals surface area contributed by atoms with Crippen molar-refractivity contribution in [2.45, 2.75) is 39.3 Å². The number of nitrogens with one attached hydrogen (secondary N) is 1. The maximum atomic E-state index is 13.5. The fourth-order valence-corrected chi connectivity index (χ4v) is 4.64. The number of amides is 2. The smallest absolute Gasteiger partial charge is 0.271 e. The normalized spacial score (nSPS) is 12.0. The molecule has 2 rings (SSSR count). The van der Waals surface area contributed by atoms with E-state index in [-0.39, 0.29) is 22.9 Å². The number of benzene rings is 2. The summed E-state index contributed by atoms with van der Waals surface area (Å²) >= 11 is 12.3. The lowest BCUT2D eigenvalue weighted by Crippen LogP contribution is -2.51. The second kappa shape index (κ2) is 12.9. The Hall–Kier alpha value is -2.89. The zero-order chi connectivity index (χ0) is 27.0. The van der Waals surface area contributed by atoms with E-state index in [1.54, 1.807) is 12.1 Å². The van der Waals surface area contributed by atoms with Gasteiger partial charge in [0.2, 0.25) is 21.8 Å². The van der Waals surface area contributed by atoms with Gasteiger partial charge in [0.15, 0.2) is 0 Å². The molecule has 13 heteroatoms. The molecule has 0 radical (unpaired) electrons. The molecule has 0 saturated carbocycles. The van der Waals surface area contributed by atoms with Gasteiger partial charge in [-0.15, -0.1) is 0 Å². The molecule has 0 spiro atoms. The molecule has 1 N–H and O–H groups in total. The van der Waals surface area contributed by atoms with Crippen LogP contribution in [0.4, 0.5) is 11.4 Å². The van der Waals surface area contributed by atoms with Crippen molar-refractivity contribution in [3.05, 3.63) is 68.2 Å². The van der Waals surface area contributed by atoms with E-state index in [2.05, 4.69) is 5.32 Å². The minimum atomic E-state index is -4.02. The van der Waals surface area contributed by atoms with E-state index in [4.69, 9.17) is 23.2 Å². The maximum Gasteiger partial charge on any atom is 0.271 e. The van der Waals surface area contributed by atoms with Gasteiger partial charge >= 0.3 is 0 Å². The highest BCUT2D eigenvalue weighted by Crippen LogP contribution is 2.26. The minimum Gasteiger partial charge on any atom is -0.354 e. The molecule has 10 nitrogen and oxygen atoms in total. The molecule has 0 aliphatic carbocycles. The molecule has 36 heavy (non-hydrogen) atoms. The Morgan fingerprint density at radius 2 is 1.86 bits per heavy atom. The summed E-state index contributed by atoms with van der Waals surface area (Å²) in [6.45, 7) is 3.15. The lowest BCUT2D eigenvalue weighted by atomic mass is 10.1. The molecule has 0 saturated heterocycles. The molecule has 2 aromatic rings. The molecular formula is C23H28Cl2N4O6S. The highest BCUT2D eigenvalue weighted by atomic mass is 35.5. The fourth-order valence-electron chi connectivity index (χ4n) is 3.33. The second-order valence-corrected chi connectivity index (χ2v) is 10.9. The molecule has 0 aliphatic heterocycles. The van der Waals surface area contributed by atoms with E-state index in [1.165, 1.54) is 36.1 Å². The fraction of sp³-hybridized carbons (Fsp3) is 0.391. The van der Waals surface area contributed by atoms with Crippen molar-refractivity contribution in [3.63, 3.8) is 0 Å². The maximum absolute atomic E-state index is 13.5. The summed E-state index contributed by atoms with van der Waals surface area (Å²) in [6.07, 6.45) is 2.51. The Balaban J connectivity index is 2.42. The summed E-state index contributed by atoms with van der Waals surface area (Å²) in [4.78, 5) is 38.0. The number of carbonyl (C=O) groups excluding carboxylic acids is 2. The van der Waals surface area contributed by atoms with Crippen LogP contribution in [-0.2, 0) is 26.2 Å². The molecule has 0 heterocycles. The zero-order valence-electron chi connectivity index (χ0n) is 20.1. The SMILES string of the molecule is CCCCNC(=O)[C@H](C)N(Cc1ccc(Cl)cc1Cl)C(=O)CN(c1cccc([N+](=O)[O-])c1)S(C)(=O)=O. The highest BCUT2D eigenvalue weighted by molar-refractivity contribution is 7.92. The summed E-state index contributed by atoms with van der Waals surface area (Å²) in [6, 6.07) is 8.68. The first-order chi connectivity index (χ1) is 16.8. The van der Waals surface area contributed by atoms with Crippen LogP contribution >= 0.6 is 23.2 Å². The number of halogens is 2. The van der Waals surface area contributed by atoms with Crippen LogP contribution in [0.5, 0.6) is 0 Å². The topological polar surface area (TPSA) is 130 Å². The van der Waals surface area contributed by atoms with Crippen molar-refractivity contribution in [2.75, 3.05) is 23.7 Å². The Bertz CT molecular complexity index is 1220. The number of rotatable bonds is 12. The second-order valence-electron chi connectivity index (χ2n) is 8.12. The molecular weight excluding hydrogens is 531 g/mol. The van der Waals surface area contributed by atoms with Gasteiger partial charge in [-0.25, -0.2) is 8.42 Å². The summed E-state index contributed by atoms with van der Waals surface area (Å²) in [5, 5.41) is 14.6. The van der Waals surface area contributed by atoms with Gasteiger partial charge in [0, 0.05) is 35.3 Å². The quantitative estimate of drug-likeness (QED) is 0.238. The first-order valence-corrected chi connectivity index (χ1v) is 13.7. The van der Waals surface area contributed by atoms with Crippen LogP contribution in [0.3, 0.4) is 0 Å². The summed E-state index contributed by atoms with van der Waals surface area (Å²) in [7, 11) is -4.02. The third kappa shape index (κ3) is 8.07. The number of hydrogen-bond donors (Lipinski definition) is 1. The average Bonchev–Trinajstić information content (AvgIpc) is 2.81. The van der Waals surface area contributed by atoms with Gasteiger partial charge in [-0.2, -0.15) is 0 Å². The standard InChI is InChI=1S/C23H28Cl2N4O6S/c1-4-5-11-26-23(31)16(2)27(14-17-9-10-18(24)12-21(17)25)22(30)15-28(36(3,34)35)19-7-6-8-20(13-19)29(32)33/h6-10,12-13,16H,4-5,11,14-15H2,1-3H3,(H,26,31)/t16-/m0/s1. The number of hydrogen-bond acceptors (Lipinski definition) is 6.